The summed E-state index contributed by atoms with van der Waals surface area (Å²) in [5.74, 6) is 0.829. The first kappa shape index (κ1) is 15.4. The summed E-state index contributed by atoms with van der Waals surface area (Å²) in [5, 5.41) is 0.668. The molecule has 0 unspecified atom stereocenters. The molecule has 2 rings (SSSR count). The van der Waals surface area contributed by atoms with Crippen LogP contribution in [0.3, 0.4) is 0 Å². The minimum Gasteiger partial charge on any atom is -0.456 e. The first-order valence-corrected chi connectivity index (χ1v) is 8.53. The van der Waals surface area contributed by atoms with Crippen LogP contribution in [0.1, 0.15) is 5.56 Å². The molecular weight excluding hydrogens is 343 g/mol. The average Bonchev–Trinajstić information content (AvgIpc) is 2.33. The molecule has 2 aromatic rings. The van der Waals surface area contributed by atoms with Gasteiger partial charge in [0, 0.05) is 10.7 Å². The van der Waals surface area contributed by atoms with Crippen molar-refractivity contribution in [2.45, 2.75) is 11.8 Å². The second-order valence-electron chi connectivity index (χ2n) is 4.02. The predicted octanol–water partition coefficient (Wildman–Crippen LogP) is 5.02. The van der Waals surface area contributed by atoms with Gasteiger partial charge in [0.05, 0.1) is 9.92 Å². The van der Waals surface area contributed by atoms with E-state index in [2.05, 4.69) is 0 Å². The van der Waals surface area contributed by atoms with Crippen molar-refractivity contribution in [3.8, 4) is 11.5 Å². The first-order chi connectivity index (χ1) is 9.29. The molecule has 0 aliphatic rings. The molecule has 0 saturated carbocycles. The average molecular weight is 352 g/mol. The summed E-state index contributed by atoms with van der Waals surface area (Å²) in [7, 11) is 1.55. The van der Waals surface area contributed by atoms with E-state index in [1.807, 2.05) is 0 Å². The maximum absolute atomic E-state index is 11.3. The molecule has 0 saturated heterocycles. The van der Waals surface area contributed by atoms with Crippen LogP contribution in [0.5, 0.6) is 11.5 Å². The van der Waals surface area contributed by atoms with E-state index in [0.29, 0.717) is 27.1 Å². The lowest BCUT2D eigenvalue weighted by Gasteiger charge is -2.10. The molecule has 0 aromatic heterocycles. The Hall–Kier alpha value is -0.940. The molecule has 0 radical (unpaired) electrons. The largest absolute Gasteiger partial charge is 0.456 e. The normalized spacial score (nSPS) is 11.4. The van der Waals surface area contributed by atoms with E-state index in [0.717, 1.165) is 0 Å². The Labute approximate surface area is 131 Å². The smallest absolute Gasteiger partial charge is 0.261 e. The minimum atomic E-state index is -3.77. The summed E-state index contributed by atoms with van der Waals surface area (Å²) in [5.41, 5.74) is 0.482. The SMILES string of the molecule is Cc1cc(Oc2cccc(Cl)c2Cl)ccc1S(=O)(=O)Cl. The van der Waals surface area contributed by atoms with E-state index >= 15 is 0 Å². The van der Waals surface area contributed by atoms with Gasteiger partial charge >= 0.3 is 0 Å². The Morgan fingerprint density at radius 2 is 1.80 bits per heavy atom. The Kier molecular flexibility index (Phi) is 4.49. The molecule has 0 bridgehead atoms. The molecule has 0 atom stereocenters. The van der Waals surface area contributed by atoms with Crippen molar-refractivity contribution in [1.29, 1.82) is 0 Å². The second kappa shape index (κ2) is 5.82. The van der Waals surface area contributed by atoms with Gasteiger partial charge in [-0.25, -0.2) is 8.42 Å². The zero-order valence-corrected chi connectivity index (χ0v) is 13.3. The standard InChI is InChI=1S/C13H9Cl3O3S/c1-8-7-9(5-6-12(8)20(16,17)18)19-11-4-2-3-10(14)13(11)15/h2-7H,1H3. The van der Waals surface area contributed by atoms with Gasteiger partial charge in [0.1, 0.15) is 16.5 Å². The van der Waals surface area contributed by atoms with Gasteiger partial charge in [0.15, 0.2) is 0 Å². The van der Waals surface area contributed by atoms with Crippen LogP contribution in [0.25, 0.3) is 0 Å². The van der Waals surface area contributed by atoms with Crippen molar-refractivity contribution in [1.82, 2.24) is 0 Å². The van der Waals surface area contributed by atoms with E-state index in [4.69, 9.17) is 38.6 Å². The number of ether oxygens (including phenoxy) is 1. The lowest BCUT2D eigenvalue weighted by molar-refractivity contribution is 0.482. The Morgan fingerprint density at radius 1 is 1.10 bits per heavy atom. The van der Waals surface area contributed by atoms with Gasteiger partial charge in [-0.15, -0.1) is 0 Å². The van der Waals surface area contributed by atoms with Crippen molar-refractivity contribution in [2.75, 3.05) is 0 Å². The van der Waals surface area contributed by atoms with Crippen molar-refractivity contribution < 1.29 is 13.2 Å². The zero-order chi connectivity index (χ0) is 14.9. The molecule has 3 nitrogen and oxygen atoms in total. The van der Waals surface area contributed by atoms with Crippen LogP contribution in [0.4, 0.5) is 0 Å². The molecule has 106 valence electrons. The van der Waals surface area contributed by atoms with Gasteiger partial charge in [-0.3, -0.25) is 0 Å². The van der Waals surface area contributed by atoms with Crippen molar-refractivity contribution in [3.05, 3.63) is 52.0 Å². The third-order valence-electron chi connectivity index (χ3n) is 2.55. The highest BCUT2D eigenvalue weighted by molar-refractivity contribution is 8.13. The molecule has 0 amide bonds. The van der Waals surface area contributed by atoms with Crippen LogP contribution >= 0.6 is 33.9 Å². The van der Waals surface area contributed by atoms with Crippen molar-refractivity contribution >= 4 is 42.9 Å². The third kappa shape index (κ3) is 3.38. The van der Waals surface area contributed by atoms with Gasteiger partial charge in [0.2, 0.25) is 0 Å². The zero-order valence-electron chi connectivity index (χ0n) is 10.2. The Bertz CT molecular complexity index is 757. The molecule has 0 fully saturated rings. The monoisotopic (exact) mass is 350 g/mol. The van der Waals surface area contributed by atoms with E-state index in [-0.39, 0.29) is 4.90 Å². The summed E-state index contributed by atoms with van der Waals surface area (Å²) < 4.78 is 28.2. The van der Waals surface area contributed by atoms with Gasteiger partial charge in [-0.05, 0) is 42.8 Å². The number of hydrogen-bond donors (Lipinski definition) is 0. The number of aryl methyl sites for hydroxylation is 1. The maximum atomic E-state index is 11.3. The quantitative estimate of drug-likeness (QED) is 0.729. The highest BCUT2D eigenvalue weighted by atomic mass is 35.7. The molecule has 0 aliphatic carbocycles. The molecular formula is C13H9Cl3O3S. The predicted molar refractivity (Wildman–Crippen MR) is 80.8 cm³/mol. The molecule has 7 heteroatoms. The number of rotatable bonds is 3. The fraction of sp³-hybridized carbons (Fsp3) is 0.0769. The number of hydrogen-bond acceptors (Lipinski definition) is 3. The summed E-state index contributed by atoms with van der Waals surface area (Å²) >= 11 is 11.9. The third-order valence-corrected chi connectivity index (χ3v) is 4.84. The van der Waals surface area contributed by atoms with Crippen molar-refractivity contribution in [3.63, 3.8) is 0 Å². The Balaban J connectivity index is 2.36. The fourth-order valence-electron chi connectivity index (χ4n) is 1.65. The van der Waals surface area contributed by atoms with E-state index < -0.39 is 9.05 Å². The number of halogens is 3. The lowest BCUT2D eigenvalue weighted by atomic mass is 10.2. The highest BCUT2D eigenvalue weighted by Crippen LogP contribution is 2.35. The van der Waals surface area contributed by atoms with Gasteiger partial charge in [-0.1, -0.05) is 29.3 Å². The van der Waals surface area contributed by atoms with Gasteiger partial charge in [0.25, 0.3) is 9.05 Å². The molecule has 0 heterocycles. The molecule has 0 spiro atoms. The molecule has 2 aromatic carbocycles. The van der Waals surface area contributed by atoms with Crippen LogP contribution in [-0.4, -0.2) is 8.42 Å². The van der Waals surface area contributed by atoms with Crippen LogP contribution in [0, 0.1) is 6.92 Å². The summed E-state index contributed by atoms with van der Waals surface area (Å²) in [6.07, 6.45) is 0. The minimum absolute atomic E-state index is 0.0451. The van der Waals surface area contributed by atoms with Gasteiger partial charge < -0.3 is 4.74 Å². The summed E-state index contributed by atoms with van der Waals surface area (Å²) in [6.45, 7) is 1.63. The van der Waals surface area contributed by atoms with Crippen LogP contribution < -0.4 is 4.74 Å². The topological polar surface area (TPSA) is 43.4 Å². The summed E-state index contributed by atoms with van der Waals surface area (Å²) in [6, 6.07) is 9.45. The van der Waals surface area contributed by atoms with Crippen molar-refractivity contribution in [2.24, 2.45) is 0 Å². The fourth-order valence-corrected chi connectivity index (χ4v) is 3.17. The van der Waals surface area contributed by atoms with Crippen LogP contribution in [-0.2, 0) is 9.05 Å². The lowest BCUT2D eigenvalue weighted by Crippen LogP contribution is -1.95. The van der Waals surface area contributed by atoms with E-state index in [1.54, 1.807) is 31.2 Å². The second-order valence-corrected chi connectivity index (χ2v) is 7.34. The Morgan fingerprint density at radius 3 is 2.40 bits per heavy atom. The van der Waals surface area contributed by atoms with Gasteiger partial charge in [-0.2, -0.15) is 0 Å². The number of benzene rings is 2. The van der Waals surface area contributed by atoms with Crippen LogP contribution in [0.2, 0.25) is 10.0 Å². The molecule has 20 heavy (non-hydrogen) atoms. The van der Waals surface area contributed by atoms with E-state index in [1.165, 1.54) is 12.1 Å². The summed E-state index contributed by atoms with van der Waals surface area (Å²) in [4.78, 5) is 0.0451. The molecule has 0 N–H and O–H groups in total. The molecule has 0 aliphatic heterocycles. The highest BCUT2D eigenvalue weighted by Gasteiger charge is 2.14. The maximum Gasteiger partial charge on any atom is 0.261 e. The first-order valence-electron chi connectivity index (χ1n) is 5.46. The van der Waals surface area contributed by atoms with E-state index in [9.17, 15) is 8.42 Å². The van der Waals surface area contributed by atoms with Crippen LogP contribution in [0.15, 0.2) is 41.3 Å².